The van der Waals surface area contributed by atoms with Crippen LogP contribution in [0.2, 0.25) is 0 Å². The lowest BCUT2D eigenvalue weighted by Crippen LogP contribution is -1.96. The van der Waals surface area contributed by atoms with E-state index in [9.17, 15) is 9.90 Å². The molecule has 0 spiro atoms. The molecule has 6 heteroatoms. The number of hydrogen-bond acceptors (Lipinski definition) is 4. The molecule has 0 aliphatic carbocycles. The van der Waals surface area contributed by atoms with Crippen LogP contribution in [-0.2, 0) is 4.79 Å². The SMILES string of the molecule is O=C(O)/C(=C/c1cccc(I)c1)Sc1nc2ccccc2o1. The lowest BCUT2D eigenvalue weighted by Gasteiger charge is -2.00. The van der Waals surface area contributed by atoms with Gasteiger partial charge in [0.1, 0.15) is 10.4 Å². The van der Waals surface area contributed by atoms with Crippen molar-refractivity contribution in [3.8, 4) is 0 Å². The maximum absolute atomic E-state index is 11.4. The number of carboxylic acids is 1. The van der Waals surface area contributed by atoms with Gasteiger partial charge in [-0.2, -0.15) is 0 Å². The number of thioether (sulfide) groups is 1. The van der Waals surface area contributed by atoms with Crippen LogP contribution in [-0.4, -0.2) is 16.1 Å². The van der Waals surface area contributed by atoms with Crippen molar-refractivity contribution in [1.29, 1.82) is 0 Å². The van der Waals surface area contributed by atoms with Gasteiger partial charge in [0.25, 0.3) is 5.22 Å². The third-order valence-electron chi connectivity index (χ3n) is 2.83. The lowest BCUT2D eigenvalue weighted by atomic mass is 10.2. The number of halogens is 1. The minimum Gasteiger partial charge on any atom is -0.477 e. The third kappa shape index (κ3) is 3.50. The second-order valence-electron chi connectivity index (χ2n) is 4.42. The highest BCUT2D eigenvalue weighted by molar-refractivity contribution is 14.1. The molecule has 0 atom stereocenters. The first kappa shape index (κ1) is 15.1. The molecule has 0 saturated carbocycles. The zero-order valence-electron chi connectivity index (χ0n) is 11.2. The Balaban J connectivity index is 1.93. The van der Waals surface area contributed by atoms with E-state index >= 15 is 0 Å². The molecule has 0 fully saturated rings. The summed E-state index contributed by atoms with van der Waals surface area (Å²) in [6, 6.07) is 14.9. The van der Waals surface area contributed by atoms with Crippen molar-refractivity contribution in [1.82, 2.24) is 4.98 Å². The van der Waals surface area contributed by atoms with Crippen LogP contribution in [0.5, 0.6) is 0 Å². The topological polar surface area (TPSA) is 63.3 Å². The number of aliphatic carboxylic acids is 1. The normalized spacial score (nSPS) is 11.8. The maximum atomic E-state index is 11.4. The van der Waals surface area contributed by atoms with E-state index in [1.54, 1.807) is 12.1 Å². The summed E-state index contributed by atoms with van der Waals surface area (Å²) in [5.74, 6) is -1.01. The van der Waals surface area contributed by atoms with Crippen molar-refractivity contribution < 1.29 is 14.3 Å². The van der Waals surface area contributed by atoms with Gasteiger partial charge in [0, 0.05) is 3.57 Å². The summed E-state index contributed by atoms with van der Waals surface area (Å²) < 4.78 is 6.60. The van der Waals surface area contributed by atoms with Crippen molar-refractivity contribution in [3.63, 3.8) is 0 Å². The van der Waals surface area contributed by atoms with E-state index in [1.807, 2.05) is 42.5 Å². The first-order chi connectivity index (χ1) is 10.6. The molecule has 0 aliphatic heterocycles. The molecule has 110 valence electrons. The van der Waals surface area contributed by atoms with Crippen molar-refractivity contribution >= 4 is 57.5 Å². The summed E-state index contributed by atoms with van der Waals surface area (Å²) in [6.07, 6.45) is 1.62. The number of nitrogens with zero attached hydrogens (tertiary/aromatic N) is 1. The van der Waals surface area contributed by atoms with Crippen LogP contribution in [0.3, 0.4) is 0 Å². The van der Waals surface area contributed by atoms with Crippen molar-refractivity contribution in [2.75, 3.05) is 0 Å². The van der Waals surface area contributed by atoms with Crippen LogP contribution in [0.25, 0.3) is 17.2 Å². The van der Waals surface area contributed by atoms with Gasteiger partial charge in [-0.3, -0.25) is 0 Å². The van der Waals surface area contributed by atoms with E-state index in [1.165, 1.54) is 0 Å². The number of aromatic nitrogens is 1. The predicted octanol–water partition coefficient (Wildman–Crippen LogP) is 4.65. The minimum absolute atomic E-state index is 0.161. The summed E-state index contributed by atoms with van der Waals surface area (Å²) in [4.78, 5) is 15.9. The Labute approximate surface area is 144 Å². The number of benzene rings is 2. The third-order valence-corrected chi connectivity index (χ3v) is 4.36. The van der Waals surface area contributed by atoms with Crippen LogP contribution in [0.4, 0.5) is 0 Å². The smallest absolute Gasteiger partial charge is 0.342 e. The van der Waals surface area contributed by atoms with E-state index in [2.05, 4.69) is 27.6 Å². The minimum atomic E-state index is -1.01. The number of fused-ring (bicyclic) bond motifs is 1. The van der Waals surface area contributed by atoms with Crippen LogP contribution >= 0.6 is 34.4 Å². The summed E-state index contributed by atoms with van der Waals surface area (Å²) in [5, 5.41) is 9.70. The van der Waals surface area contributed by atoms with Gasteiger partial charge in [0.05, 0.1) is 0 Å². The van der Waals surface area contributed by atoms with Gasteiger partial charge in [0.2, 0.25) is 0 Å². The predicted molar refractivity (Wildman–Crippen MR) is 94.6 cm³/mol. The molecular weight excluding hydrogens is 413 g/mol. The Morgan fingerprint density at radius 1 is 1.23 bits per heavy atom. The fourth-order valence-electron chi connectivity index (χ4n) is 1.87. The zero-order valence-corrected chi connectivity index (χ0v) is 14.2. The fourth-order valence-corrected chi connectivity index (χ4v) is 3.18. The molecule has 2 aromatic carbocycles. The van der Waals surface area contributed by atoms with Crippen molar-refractivity contribution in [3.05, 3.63) is 62.6 Å². The lowest BCUT2D eigenvalue weighted by molar-refractivity contribution is -0.131. The molecule has 3 rings (SSSR count). The molecule has 0 unspecified atom stereocenters. The van der Waals surface area contributed by atoms with Crippen LogP contribution < -0.4 is 0 Å². The molecule has 0 saturated heterocycles. The maximum Gasteiger partial charge on any atom is 0.342 e. The molecule has 0 amide bonds. The van der Waals surface area contributed by atoms with Gasteiger partial charge in [-0.05, 0) is 70.3 Å². The van der Waals surface area contributed by atoms with Crippen LogP contribution in [0, 0.1) is 3.57 Å². The van der Waals surface area contributed by atoms with Gasteiger partial charge in [0.15, 0.2) is 5.58 Å². The Kier molecular flexibility index (Phi) is 4.49. The number of carboxylic acid groups (broad SMARTS) is 1. The molecule has 4 nitrogen and oxygen atoms in total. The van der Waals surface area contributed by atoms with E-state index in [-0.39, 0.29) is 4.91 Å². The number of carbonyl (C=O) groups is 1. The zero-order chi connectivity index (χ0) is 15.5. The number of rotatable bonds is 4. The van der Waals surface area contributed by atoms with Crippen molar-refractivity contribution in [2.45, 2.75) is 5.22 Å². The first-order valence-electron chi connectivity index (χ1n) is 6.36. The van der Waals surface area contributed by atoms with Crippen LogP contribution in [0.15, 0.2) is 63.1 Å². The summed E-state index contributed by atoms with van der Waals surface area (Å²) in [6.45, 7) is 0. The first-order valence-corrected chi connectivity index (χ1v) is 8.25. The quantitative estimate of drug-likeness (QED) is 0.376. The monoisotopic (exact) mass is 423 g/mol. The molecule has 22 heavy (non-hydrogen) atoms. The number of oxazole rings is 1. The van der Waals surface area contributed by atoms with Crippen LogP contribution in [0.1, 0.15) is 5.56 Å². The molecule has 1 heterocycles. The second-order valence-corrected chi connectivity index (χ2v) is 6.66. The average Bonchev–Trinajstić information content (AvgIpc) is 2.89. The number of hydrogen-bond donors (Lipinski definition) is 1. The molecular formula is C16H10INO3S. The van der Waals surface area contributed by atoms with Gasteiger partial charge in [-0.1, -0.05) is 24.3 Å². The van der Waals surface area contributed by atoms with E-state index < -0.39 is 5.97 Å². The average molecular weight is 423 g/mol. The molecule has 1 N–H and O–H groups in total. The number of para-hydroxylation sites is 2. The summed E-state index contributed by atoms with van der Waals surface area (Å²) in [5.41, 5.74) is 2.18. The molecule has 0 radical (unpaired) electrons. The van der Waals surface area contributed by atoms with Gasteiger partial charge >= 0.3 is 5.97 Å². The second kappa shape index (κ2) is 6.53. The Bertz CT molecular complexity index is 839. The Morgan fingerprint density at radius 2 is 2.05 bits per heavy atom. The summed E-state index contributed by atoms with van der Waals surface area (Å²) in [7, 11) is 0. The fraction of sp³-hybridized carbons (Fsp3) is 0. The van der Waals surface area contributed by atoms with E-state index in [0.29, 0.717) is 16.3 Å². The highest BCUT2D eigenvalue weighted by Gasteiger charge is 2.14. The van der Waals surface area contributed by atoms with Gasteiger partial charge in [-0.15, -0.1) is 0 Å². The molecule has 3 aromatic rings. The Morgan fingerprint density at radius 3 is 2.77 bits per heavy atom. The van der Waals surface area contributed by atoms with Gasteiger partial charge < -0.3 is 9.52 Å². The molecule has 0 aliphatic rings. The van der Waals surface area contributed by atoms with E-state index in [0.717, 1.165) is 20.9 Å². The van der Waals surface area contributed by atoms with Gasteiger partial charge in [-0.25, -0.2) is 9.78 Å². The molecule has 1 aromatic heterocycles. The standard InChI is InChI=1S/C16H10INO3S/c17-11-5-3-4-10(8-11)9-14(15(19)20)22-16-18-12-6-1-2-7-13(12)21-16/h1-9H,(H,19,20)/b14-9-. The summed E-state index contributed by atoms with van der Waals surface area (Å²) >= 11 is 3.19. The molecule has 0 bridgehead atoms. The highest BCUT2D eigenvalue weighted by atomic mass is 127. The van der Waals surface area contributed by atoms with E-state index in [4.69, 9.17) is 4.42 Å². The largest absolute Gasteiger partial charge is 0.477 e. The Hall–Kier alpha value is -1.80. The van der Waals surface area contributed by atoms with Crippen molar-refractivity contribution in [2.24, 2.45) is 0 Å². The highest BCUT2D eigenvalue weighted by Crippen LogP contribution is 2.30.